The molecule has 3 rings (SSSR count). The highest BCUT2D eigenvalue weighted by Crippen LogP contribution is 2.37. The highest BCUT2D eigenvalue weighted by atomic mass is 79.9. The van der Waals surface area contributed by atoms with E-state index in [0.29, 0.717) is 36.9 Å². The Balaban J connectivity index is 1.80. The van der Waals surface area contributed by atoms with Gasteiger partial charge in [0.25, 0.3) is 5.91 Å². The van der Waals surface area contributed by atoms with Gasteiger partial charge in [-0.3, -0.25) is 4.79 Å². The van der Waals surface area contributed by atoms with Crippen molar-refractivity contribution in [1.29, 1.82) is 0 Å². The van der Waals surface area contributed by atoms with Gasteiger partial charge >= 0.3 is 0 Å². The number of amides is 1. The molecule has 5 nitrogen and oxygen atoms in total. The van der Waals surface area contributed by atoms with E-state index in [9.17, 15) is 4.79 Å². The second-order valence-electron chi connectivity index (χ2n) is 5.80. The van der Waals surface area contributed by atoms with Crippen molar-refractivity contribution in [2.45, 2.75) is 19.6 Å². The molecule has 0 fully saturated rings. The van der Waals surface area contributed by atoms with Crippen LogP contribution in [0.2, 0.25) is 0 Å². The van der Waals surface area contributed by atoms with Crippen molar-refractivity contribution in [2.75, 3.05) is 20.3 Å². The second-order valence-corrected chi connectivity index (χ2v) is 6.66. The van der Waals surface area contributed by atoms with Crippen molar-refractivity contribution < 1.29 is 19.0 Å². The third kappa shape index (κ3) is 3.96. The Bertz CT molecular complexity index is 778. The van der Waals surface area contributed by atoms with Crippen molar-refractivity contribution in [3.63, 3.8) is 0 Å². The van der Waals surface area contributed by atoms with E-state index in [0.717, 1.165) is 15.6 Å². The van der Waals surface area contributed by atoms with Crippen LogP contribution in [0.5, 0.6) is 11.5 Å². The number of nitrogens with one attached hydrogen (secondary N) is 1. The lowest BCUT2D eigenvalue weighted by molar-refractivity contribution is 0.0934. The van der Waals surface area contributed by atoms with Crippen LogP contribution in [0.3, 0.4) is 0 Å². The summed E-state index contributed by atoms with van der Waals surface area (Å²) in [5.74, 6) is 1.28. The molecule has 0 saturated carbocycles. The zero-order valence-electron chi connectivity index (χ0n) is 14.2. The topological polar surface area (TPSA) is 56.8 Å². The molecule has 0 aromatic heterocycles. The third-order valence-electron chi connectivity index (χ3n) is 4.04. The van der Waals surface area contributed by atoms with Crippen molar-refractivity contribution in [3.05, 3.63) is 57.6 Å². The molecular formula is C19H20BrNO4. The van der Waals surface area contributed by atoms with Gasteiger partial charge in [0, 0.05) is 17.1 Å². The molecule has 0 bridgehead atoms. The van der Waals surface area contributed by atoms with E-state index in [2.05, 4.69) is 21.2 Å². The van der Waals surface area contributed by atoms with E-state index in [-0.39, 0.29) is 11.9 Å². The second kappa shape index (κ2) is 7.89. The van der Waals surface area contributed by atoms with E-state index in [1.807, 2.05) is 37.3 Å². The van der Waals surface area contributed by atoms with Crippen molar-refractivity contribution in [3.8, 4) is 11.5 Å². The summed E-state index contributed by atoms with van der Waals surface area (Å²) >= 11 is 3.55. The molecular weight excluding hydrogens is 386 g/mol. The minimum Gasteiger partial charge on any atom is -0.486 e. The number of methoxy groups -OCH3 is 1. The van der Waals surface area contributed by atoms with Crippen LogP contribution in [0.4, 0.5) is 0 Å². The Morgan fingerprint density at radius 3 is 2.64 bits per heavy atom. The predicted molar refractivity (Wildman–Crippen MR) is 98.2 cm³/mol. The zero-order valence-corrected chi connectivity index (χ0v) is 15.8. The summed E-state index contributed by atoms with van der Waals surface area (Å²) in [6.45, 7) is 3.40. The Hall–Kier alpha value is -2.05. The lowest BCUT2D eigenvalue weighted by atomic mass is 10.0. The molecule has 0 spiro atoms. The highest BCUT2D eigenvalue weighted by Gasteiger charge is 2.20. The predicted octanol–water partition coefficient (Wildman–Crippen LogP) is 3.86. The van der Waals surface area contributed by atoms with Gasteiger partial charge in [0.05, 0.1) is 12.6 Å². The van der Waals surface area contributed by atoms with Crippen molar-refractivity contribution in [1.82, 2.24) is 5.32 Å². The molecule has 132 valence electrons. The van der Waals surface area contributed by atoms with Gasteiger partial charge in [0.1, 0.15) is 13.2 Å². The molecule has 1 aliphatic heterocycles. The SMILES string of the molecule is COCc1ccccc1C(=O)NC(C)c1cc2c(cc1Br)OCCO2. The van der Waals surface area contributed by atoms with Gasteiger partial charge in [-0.1, -0.05) is 34.1 Å². The highest BCUT2D eigenvalue weighted by molar-refractivity contribution is 9.10. The van der Waals surface area contributed by atoms with Gasteiger partial charge in [0.2, 0.25) is 0 Å². The van der Waals surface area contributed by atoms with Crippen LogP contribution < -0.4 is 14.8 Å². The monoisotopic (exact) mass is 405 g/mol. The molecule has 1 N–H and O–H groups in total. The Morgan fingerprint density at radius 1 is 1.24 bits per heavy atom. The fraction of sp³-hybridized carbons (Fsp3) is 0.316. The smallest absolute Gasteiger partial charge is 0.252 e. The first kappa shape index (κ1) is 17.8. The maximum Gasteiger partial charge on any atom is 0.252 e. The van der Waals surface area contributed by atoms with E-state index in [1.165, 1.54) is 0 Å². The number of hydrogen-bond acceptors (Lipinski definition) is 4. The first-order valence-corrected chi connectivity index (χ1v) is 8.86. The lowest BCUT2D eigenvalue weighted by Crippen LogP contribution is -2.28. The number of carbonyl (C=O) groups is 1. The summed E-state index contributed by atoms with van der Waals surface area (Å²) in [5, 5.41) is 3.04. The summed E-state index contributed by atoms with van der Waals surface area (Å²) in [6, 6.07) is 11.0. The average molecular weight is 406 g/mol. The molecule has 1 atom stereocenters. The fourth-order valence-electron chi connectivity index (χ4n) is 2.79. The van der Waals surface area contributed by atoms with Gasteiger partial charge in [-0.25, -0.2) is 0 Å². The standard InChI is InChI=1S/C19H20BrNO4/c1-12(15-9-17-18(10-16(15)20)25-8-7-24-17)21-19(22)14-6-4-3-5-13(14)11-23-2/h3-6,9-10,12H,7-8,11H2,1-2H3,(H,21,22). The van der Waals surface area contributed by atoms with E-state index in [1.54, 1.807) is 13.2 Å². The largest absolute Gasteiger partial charge is 0.486 e. The maximum absolute atomic E-state index is 12.7. The minimum absolute atomic E-state index is 0.137. The lowest BCUT2D eigenvalue weighted by Gasteiger charge is -2.22. The van der Waals surface area contributed by atoms with Crippen LogP contribution in [-0.4, -0.2) is 26.2 Å². The molecule has 0 aliphatic carbocycles. The Labute approximate surface area is 155 Å². The number of carbonyl (C=O) groups excluding carboxylic acids is 1. The van der Waals surface area contributed by atoms with Crippen molar-refractivity contribution >= 4 is 21.8 Å². The van der Waals surface area contributed by atoms with Crippen LogP contribution in [0.1, 0.15) is 34.5 Å². The number of rotatable bonds is 5. The third-order valence-corrected chi connectivity index (χ3v) is 4.72. The molecule has 1 amide bonds. The fourth-order valence-corrected chi connectivity index (χ4v) is 3.45. The number of halogens is 1. The molecule has 0 radical (unpaired) electrons. The van der Waals surface area contributed by atoms with Gasteiger partial charge in [-0.2, -0.15) is 0 Å². The molecule has 2 aromatic carbocycles. The molecule has 1 heterocycles. The van der Waals surface area contributed by atoms with Gasteiger partial charge < -0.3 is 19.5 Å². The van der Waals surface area contributed by atoms with Crippen LogP contribution in [0, 0.1) is 0 Å². The first-order valence-electron chi connectivity index (χ1n) is 8.07. The zero-order chi connectivity index (χ0) is 17.8. The summed E-state index contributed by atoms with van der Waals surface area (Å²) < 4.78 is 17.3. The van der Waals surface area contributed by atoms with E-state index >= 15 is 0 Å². The van der Waals surface area contributed by atoms with Crippen LogP contribution in [0.15, 0.2) is 40.9 Å². The van der Waals surface area contributed by atoms with Crippen LogP contribution in [0.25, 0.3) is 0 Å². The van der Waals surface area contributed by atoms with E-state index < -0.39 is 0 Å². The van der Waals surface area contributed by atoms with Crippen LogP contribution >= 0.6 is 15.9 Å². The van der Waals surface area contributed by atoms with Gasteiger partial charge in [-0.15, -0.1) is 0 Å². The molecule has 2 aromatic rings. The average Bonchev–Trinajstić information content (AvgIpc) is 2.61. The molecule has 1 unspecified atom stereocenters. The summed E-state index contributed by atoms with van der Waals surface area (Å²) in [6.07, 6.45) is 0. The maximum atomic E-state index is 12.7. The van der Waals surface area contributed by atoms with E-state index in [4.69, 9.17) is 14.2 Å². The molecule has 25 heavy (non-hydrogen) atoms. The van der Waals surface area contributed by atoms with Gasteiger partial charge in [-0.05, 0) is 36.2 Å². The Kier molecular flexibility index (Phi) is 5.60. The number of fused-ring (bicyclic) bond motifs is 1. The molecule has 0 saturated heterocycles. The van der Waals surface area contributed by atoms with Crippen LogP contribution in [-0.2, 0) is 11.3 Å². The molecule has 1 aliphatic rings. The number of benzene rings is 2. The normalized spacial score (nSPS) is 14.0. The summed E-state index contributed by atoms with van der Waals surface area (Å²) in [4.78, 5) is 12.7. The minimum atomic E-state index is -0.201. The first-order chi connectivity index (χ1) is 12.1. The summed E-state index contributed by atoms with van der Waals surface area (Å²) in [7, 11) is 1.61. The Morgan fingerprint density at radius 2 is 1.92 bits per heavy atom. The number of hydrogen-bond donors (Lipinski definition) is 1. The number of ether oxygens (including phenoxy) is 3. The quantitative estimate of drug-likeness (QED) is 0.820. The molecule has 6 heteroatoms. The van der Waals surface area contributed by atoms with Gasteiger partial charge in [0.15, 0.2) is 11.5 Å². The summed E-state index contributed by atoms with van der Waals surface area (Å²) in [5.41, 5.74) is 2.41. The van der Waals surface area contributed by atoms with Crippen molar-refractivity contribution in [2.24, 2.45) is 0 Å².